The monoisotopic (exact) mass is 250 g/mol. The van der Waals surface area contributed by atoms with Gasteiger partial charge >= 0.3 is 5.97 Å². The Morgan fingerprint density at radius 2 is 2.22 bits per heavy atom. The highest BCUT2D eigenvalue weighted by Gasteiger charge is 2.11. The van der Waals surface area contributed by atoms with Crippen LogP contribution in [-0.2, 0) is 11.3 Å². The van der Waals surface area contributed by atoms with E-state index in [4.69, 9.17) is 9.26 Å². The van der Waals surface area contributed by atoms with E-state index in [2.05, 4.69) is 10.1 Å². The second-order valence-corrected chi connectivity index (χ2v) is 3.78. The predicted octanol–water partition coefficient (Wildman–Crippen LogP) is 2.18. The number of carbonyl (C=O) groups is 1. The average Bonchev–Trinajstić information content (AvgIpc) is 2.75. The summed E-state index contributed by atoms with van der Waals surface area (Å²) in [5.41, 5.74) is 0.619. The molecule has 0 spiro atoms. The number of hydrogen-bond donors (Lipinski definition) is 0. The molecule has 94 valence electrons. The van der Waals surface area contributed by atoms with Gasteiger partial charge in [0.15, 0.2) is 12.4 Å². The number of benzene rings is 1. The Labute approximate surface area is 103 Å². The standard InChI is InChI=1S/C12H11FN2O3/c1-7-3-4-9(5-10(7)13)12(16)17-6-11-14-8(2)15-18-11/h3-5H,6H2,1-2H3. The molecule has 0 fully saturated rings. The van der Waals surface area contributed by atoms with Gasteiger partial charge in [-0.2, -0.15) is 4.98 Å². The van der Waals surface area contributed by atoms with Crippen LogP contribution in [0.15, 0.2) is 22.7 Å². The van der Waals surface area contributed by atoms with Crippen molar-refractivity contribution in [2.75, 3.05) is 0 Å². The van der Waals surface area contributed by atoms with Crippen molar-refractivity contribution in [1.82, 2.24) is 10.1 Å². The van der Waals surface area contributed by atoms with Crippen LogP contribution in [-0.4, -0.2) is 16.1 Å². The molecule has 0 unspecified atom stereocenters. The lowest BCUT2D eigenvalue weighted by molar-refractivity contribution is 0.0429. The van der Waals surface area contributed by atoms with Gasteiger partial charge in [-0.15, -0.1) is 0 Å². The molecule has 0 radical (unpaired) electrons. The van der Waals surface area contributed by atoms with Gasteiger partial charge in [0.2, 0.25) is 0 Å². The number of halogens is 1. The maximum absolute atomic E-state index is 13.3. The molecule has 1 aromatic carbocycles. The molecule has 0 bridgehead atoms. The van der Waals surface area contributed by atoms with Gasteiger partial charge in [0.1, 0.15) is 5.82 Å². The van der Waals surface area contributed by atoms with E-state index in [9.17, 15) is 9.18 Å². The van der Waals surface area contributed by atoms with Gasteiger partial charge in [-0.3, -0.25) is 0 Å². The Morgan fingerprint density at radius 3 is 2.83 bits per heavy atom. The number of rotatable bonds is 3. The molecule has 0 N–H and O–H groups in total. The first kappa shape index (κ1) is 12.2. The molecule has 0 saturated carbocycles. The van der Waals surface area contributed by atoms with E-state index < -0.39 is 11.8 Å². The summed E-state index contributed by atoms with van der Waals surface area (Å²) in [7, 11) is 0. The number of aromatic nitrogens is 2. The number of nitrogens with zero attached hydrogens (tertiary/aromatic N) is 2. The summed E-state index contributed by atoms with van der Waals surface area (Å²) in [6.45, 7) is 3.14. The maximum atomic E-state index is 13.3. The average molecular weight is 250 g/mol. The van der Waals surface area contributed by atoms with Gasteiger partial charge in [-0.05, 0) is 31.5 Å². The first-order chi connectivity index (χ1) is 8.56. The number of hydrogen-bond acceptors (Lipinski definition) is 5. The quantitative estimate of drug-likeness (QED) is 0.781. The minimum absolute atomic E-state index is 0.130. The molecule has 0 aliphatic carbocycles. The summed E-state index contributed by atoms with van der Waals surface area (Å²) in [5.74, 6) is -0.418. The normalized spacial score (nSPS) is 10.4. The van der Waals surface area contributed by atoms with Gasteiger partial charge in [-0.1, -0.05) is 11.2 Å². The van der Waals surface area contributed by atoms with Crippen LogP contribution >= 0.6 is 0 Å². The zero-order valence-electron chi connectivity index (χ0n) is 9.94. The predicted molar refractivity (Wildman–Crippen MR) is 59.3 cm³/mol. The lowest BCUT2D eigenvalue weighted by atomic mass is 10.1. The van der Waals surface area contributed by atoms with Crippen LogP contribution in [0.3, 0.4) is 0 Å². The second kappa shape index (κ2) is 4.95. The topological polar surface area (TPSA) is 65.2 Å². The molecule has 0 amide bonds. The molecule has 6 heteroatoms. The summed E-state index contributed by atoms with van der Waals surface area (Å²) < 4.78 is 23.0. The third-order valence-corrected chi connectivity index (χ3v) is 2.30. The zero-order valence-corrected chi connectivity index (χ0v) is 9.94. The highest BCUT2D eigenvalue weighted by molar-refractivity contribution is 5.89. The van der Waals surface area contributed by atoms with Crippen LogP contribution in [0.25, 0.3) is 0 Å². The number of aryl methyl sites for hydroxylation is 2. The molecule has 2 aromatic rings. The van der Waals surface area contributed by atoms with Crippen LogP contribution < -0.4 is 0 Å². The van der Waals surface area contributed by atoms with Gasteiger partial charge < -0.3 is 9.26 Å². The SMILES string of the molecule is Cc1noc(COC(=O)c2ccc(C)c(F)c2)n1. The van der Waals surface area contributed by atoms with E-state index in [-0.39, 0.29) is 18.1 Å². The van der Waals surface area contributed by atoms with Crippen molar-refractivity contribution >= 4 is 5.97 Å². The summed E-state index contributed by atoms with van der Waals surface area (Å²) in [6.07, 6.45) is 0. The number of esters is 1. The lowest BCUT2D eigenvalue weighted by Gasteiger charge is -2.03. The van der Waals surface area contributed by atoms with Crippen LogP contribution in [0, 0.1) is 19.7 Å². The molecule has 1 aromatic heterocycles. The Bertz CT molecular complexity index is 580. The Morgan fingerprint density at radius 1 is 1.44 bits per heavy atom. The number of carbonyl (C=O) groups excluding carboxylic acids is 1. The Hall–Kier alpha value is -2.24. The first-order valence-electron chi connectivity index (χ1n) is 5.29. The van der Waals surface area contributed by atoms with Gasteiger partial charge in [0, 0.05) is 0 Å². The van der Waals surface area contributed by atoms with Crippen molar-refractivity contribution in [2.45, 2.75) is 20.5 Å². The minimum Gasteiger partial charge on any atom is -0.452 e. The molecular formula is C12H11FN2O3. The van der Waals surface area contributed by atoms with E-state index in [1.165, 1.54) is 12.1 Å². The molecule has 5 nitrogen and oxygen atoms in total. The van der Waals surface area contributed by atoms with E-state index in [1.807, 2.05) is 0 Å². The van der Waals surface area contributed by atoms with Gasteiger partial charge in [0.05, 0.1) is 5.56 Å². The summed E-state index contributed by atoms with van der Waals surface area (Å²) in [4.78, 5) is 15.5. The van der Waals surface area contributed by atoms with Crippen molar-refractivity contribution in [1.29, 1.82) is 0 Å². The van der Waals surface area contributed by atoms with Crippen molar-refractivity contribution in [2.24, 2.45) is 0 Å². The molecule has 2 rings (SSSR count). The van der Waals surface area contributed by atoms with Crippen molar-refractivity contribution < 1.29 is 18.4 Å². The highest BCUT2D eigenvalue weighted by atomic mass is 19.1. The summed E-state index contributed by atoms with van der Waals surface area (Å²) in [6, 6.07) is 4.15. The van der Waals surface area contributed by atoms with E-state index in [0.29, 0.717) is 11.4 Å². The smallest absolute Gasteiger partial charge is 0.338 e. The van der Waals surface area contributed by atoms with Crippen LogP contribution in [0.5, 0.6) is 0 Å². The number of ether oxygens (including phenoxy) is 1. The lowest BCUT2D eigenvalue weighted by Crippen LogP contribution is -2.06. The molecule has 1 heterocycles. The van der Waals surface area contributed by atoms with Crippen LogP contribution in [0.2, 0.25) is 0 Å². The van der Waals surface area contributed by atoms with Crippen LogP contribution in [0.4, 0.5) is 4.39 Å². The minimum atomic E-state index is -0.634. The van der Waals surface area contributed by atoms with Gasteiger partial charge in [0.25, 0.3) is 5.89 Å². The molecular weight excluding hydrogens is 239 g/mol. The third kappa shape index (κ3) is 2.71. The largest absolute Gasteiger partial charge is 0.452 e. The van der Waals surface area contributed by atoms with E-state index in [0.717, 1.165) is 6.07 Å². The molecule has 0 saturated heterocycles. The van der Waals surface area contributed by atoms with Crippen LogP contribution in [0.1, 0.15) is 27.6 Å². The molecule has 18 heavy (non-hydrogen) atoms. The summed E-state index contributed by atoms with van der Waals surface area (Å²) in [5, 5.41) is 3.56. The Balaban J connectivity index is 2.01. The first-order valence-corrected chi connectivity index (χ1v) is 5.29. The zero-order chi connectivity index (χ0) is 13.1. The van der Waals surface area contributed by atoms with Crippen molar-refractivity contribution in [3.8, 4) is 0 Å². The molecule has 0 atom stereocenters. The van der Waals surface area contributed by atoms with Crippen molar-refractivity contribution in [3.05, 3.63) is 46.9 Å². The fourth-order valence-electron chi connectivity index (χ4n) is 1.33. The molecule has 0 aliphatic rings. The fourth-order valence-corrected chi connectivity index (χ4v) is 1.33. The van der Waals surface area contributed by atoms with E-state index in [1.54, 1.807) is 13.8 Å². The summed E-state index contributed by atoms with van der Waals surface area (Å²) >= 11 is 0. The van der Waals surface area contributed by atoms with Gasteiger partial charge in [-0.25, -0.2) is 9.18 Å². The highest BCUT2D eigenvalue weighted by Crippen LogP contribution is 2.11. The second-order valence-electron chi connectivity index (χ2n) is 3.78. The third-order valence-electron chi connectivity index (χ3n) is 2.30. The molecule has 0 aliphatic heterocycles. The van der Waals surface area contributed by atoms with Crippen molar-refractivity contribution in [3.63, 3.8) is 0 Å². The van der Waals surface area contributed by atoms with E-state index >= 15 is 0 Å². The maximum Gasteiger partial charge on any atom is 0.338 e. The fraction of sp³-hybridized carbons (Fsp3) is 0.250. The Kier molecular flexibility index (Phi) is 3.36.